The fraction of sp³-hybridized carbons (Fsp3) is 0.818. The van der Waals surface area contributed by atoms with E-state index in [4.69, 9.17) is 9.47 Å². The summed E-state index contributed by atoms with van der Waals surface area (Å²) >= 11 is 0. The van der Waals surface area contributed by atoms with Crippen LogP contribution in [-0.2, 0) is 9.47 Å². The van der Waals surface area contributed by atoms with E-state index in [1.165, 1.54) is 12.0 Å². The molecule has 13 heavy (non-hydrogen) atoms. The van der Waals surface area contributed by atoms with Crippen LogP contribution in [0.2, 0.25) is 0 Å². The minimum absolute atomic E-state index is 0.00590. The highest BCUT2D eigenvalue weighted by Crippen LogP contribution is 2.29. The van der Waals surface area contributed by atoms with E-state index in [2.05, 4.69) is 6.92 Å². The monoisotopic (exact) mass is 184 g/mol. The minimum atomic E-state index is 0.00590. The van der Waals surface area contributed by atoms with Gasteiger partial charge in [0.25, 0.3) is 0 Å². The molecule has 1 aliphatic heterocycles. The zero-order valence-electron chi connectivity index (χ0n) is 8.93. The Morgan fingerprint density at radius 1 is 1.54 bits per heavy atom. The van der Waals surface area contributed by atoms with Crippen LogP contribution in [0, 0.1) is 0 Å². The molecule has 0 radical (unpaired) electrons. The van der Waals surface area contributed by atoms with Gasteiger partial charge in [-0.15, -0.1) is 0 Å². The third kappa shape index (κ3) is 3.03. The highest BCUT2D eigenvalue weighted by molar-refractivity contribution is 4.89. The molecule has 1 saturated heterocycles. The number of hydrogen-bond acceptors (Lipinski definition) is 2. The van der Waals surface area contributed by atoms with E-state index in [0.29, 0.717) is 6.61 Å². The van der Waals surface area contributed by atoms with Crippen LogP contribution < -0.4 is 0 Å². The average Bonchev–Trinajstić information content (AvgIpc) is 2.53. The Bertz CT molecular complexity index is 175. The van der Waals surface area contributed by atoms with Crippen molar-refractivity contribution in [2.75, 3.05) is 13.2 Å². The molecule has 0 bridgehead atoms. The van der Waals surface area contributed by atoms with E-state index in [0.717, 1.165) is 19.4 Å². The second kappa shape index (κ2) is 4.66. The lowest BCUT2D eigenvalue weighted by Gasteiger charge is -2.25. The normalized spacial score (nSPS) is 27.3. The van der Waals surface area contributed by atoms with Crippen molar-refractivity contribution in [3.8, 4) is 0 Å². The molecule has 2 nitrogen and oxygen atoms in total. The van der Waals surface area contributed by atoms with Gasteiger partial charge in [-0.2, -0.15) is 0 Å². The molecule has 0 spiro atoms. The summed E-state index contributed by atoms with van der Waals surface area (Å²) in [5, 5.41) is 0. The summed E-state index contributed by atoms with van der Waals surface area (Å²) in [6.45, 7) is 7.83. The molecule has 0 aromatic carbocycles. The van der Waals surface area contributed by atoms with Crippen molar-refractivity contribution >= 4 is 0 Å². The molecule has 0 N–H and O–H groups in total. The van der Waals surface area contributed by atoms with Gasteiger partial charge in [-0.1, -0.05) is 6.92 Å². The fourth-order valence-electron chi connectivity index (χ4n) is 1.61. The maximum atomic E-state index is 5.72. The SMILES string of the molecule is CCC1(COC=C(C)C)CCCO1. The minimum Gasteiger partial charge on any atom is -0.498 e. The lowest BCUT2D eigenvalue weighted by molar-refractivity contribution is -0.0447. The molecule has 2 heteroatoms. The Kier molecular flexibility index (Phi) is 3.79. The summed E-state index contributed by atoms with van der Waals surface area (Å²) < 4.78 is 11.2. The maximum Gasteiger partial charge on any atom is 0.116 e. The van der Waals surface area contributed by atoms with Crippen molar-refractivity contribution in [3.63, 3.8) is 0 Å². The van der Waals surface area contributed by atoms with E-state index < -0.39 is 0 Å². The number of ether oxygens (including phenoxy) is 2. The molecule has 0 amide bonds. The van der Waals surface area contributed by atoms with Crippen molar-refractivity contribution in [3.05, 3.63) is 11.8 Å². The van der Waals surface area contributed by atoms with E-state index in [9.17, 15) is 0 Å². The zero-order valence-corrected chi connectivity index (χ0v) is 8.93. The van der Waals surface area contributed by atoms with E-state index in [1.807, 2.05) is 20.1 Å². The molecule has 0 aromatic rings. The summed E-state index contributed by atoms with van der Waals surface area (Å²) in [4.78, 5) is 0. The Morgan fingerprint density at radius 2 is 2.31 bits per heavy atom. The van der Waals surface area contributed by atoms with Gasteiger partial charge in [0.1, 0.15) is 12.2 Å². The molecule has 76 valence electrons. The second-order valence-electron chi connectivity index (χ2n) is 3.99. The average molecular weight is 184 g/mol. The fourth-order valence-corrected chi connectivity index (χ4v) is 1.61. The Balaban J connectivity index is 2.36. The number of hydrogen-bond donors (Lipinski definition) is 0. The molecule has 0 saturated carbocycles. The first-order valence-corrected chi connectivity index (χ1v) is 5.07. The summed E-state index contributed by atoms with van der Waals surface area (Å²) in [6, 6.07) is 0. The molecule has 1 rings (SSSR count). The van der Waals surface area contributed by atoms with Gasteiger partial charge in [0.05, 0.1) is 6.26 Å². The highest BCUT2D eigenvalue weighted by Gasteiger charge is 2.33. The van der Waals surface area contributed by atoms with Gasteiger partial charge in [0.15, 0.2) is 0 Å². The topological polar surface area (TPSA) is 18.5 Å². The van der Waals surface area contributed by atoms with Gasteiger partial charge < -0.3 is 9.47 Å². The van der Waals surface area contributed by atoms with Crippen LogP contribution in [0.4, 0.5) is 0 Å². The molecule has 1 fully saturated rings. The molecular formula is C11H20O2. The van der Waals surface area contributed by atoms with Crippen molar-refractivity contribution in [1.82, 2.24) is 0 Å². The Labute approximate surface area is 80.9 Å². The molecule has 1 heterocycles. The molecular weight excluding hydrogens is 164 g/mol. The molecule has 1 unspecified atom stereocenters. The quantitative estimate of drug-likeness (QED) is 0.625. The lowest BCUT2D eigenvalue weighted by atomic mass is 9.98. The maximum absolute atomic E-state index is 5.72. The van der Waals surface area contributed by atoms with Gasteiger partial charge in [-0.25, -0.2) is 0 Å². The summed E-state index contributed by atoms with van der Waals surface area (Å²) in [5.74, 6) is 0. The first-order valence-electron chi connectivity index (χ1n) is 5.07. The summed E-state index contributed by atoms with van der Waals surface area (Å²) in [5.41, 5.74) is 1.20. The van der Waals surface area contributed by atoms with Gasteiger partial charge in [0, 0.05) is 6.61 Å². The summed E-state index contributed by atoms with van der Waals surface area (Å²) in [6.07, 6.45) is 5.18. The van der Waals surface area contributed by atoms with Crippen LogP contribution in [0.3, 0.4) is 0 Å². The third-order valence-electron chi connectivity index (χ3n) is 2.49. The van der Waals surface area contributed by atoms with Gasteiger partial charge in [0.2, 0.25) is 0 Å². The van der Waals surface area contributed by atoms with Crippen molar-refractivity contribution in [2.45, 2.75) is 45.6 Å². The van der Waals surface area contributed by atoms with Crippen molar-refractivity contribution in [2.24, 2.45) is 0 Å². The van der Waals surface area contributed by atoms with Crippen LogP contribution in [0.5, 0.6) is 0 Å². The highest BCUT2D eigenvalue weighted by atomic mass is 16.5. The number of allylic oxidation sites excluding steroid dienone is 1. The predicted molar refractivity (Wildman–Crippen MR) is 53.6 cm³/mol. The van der Waals surface area contributed by atoms with Crippen LogP contribution >= 0.6 is 0 Å². The van der Waals surface area contributed by atoms with Crippen LogP contribution in [-0.4, -0.2) is 18.8 Å². The second-order valence-corrected chi connectivity index (χ2v) is 3.99. The van der Waals surface area contributed by atoms with Gasteiger partial charge in [-0.05, 0) is 38.7 Å². The van der Waals surface area contributed by atoms with Crippen LogP contribution in [0.1, 0.15) is 40.0 Å². The smallest absolute Gasteiger partial charge is 0.116 e. The number of rotatable bonds is 4. The summed E-state index contributed by atoms with van der Waals surface area (Å²) in [7, 11) is 0. The van der Waals surface area contributed by atoms with Gasteiger partial charge >= 0.3 is 0 Å². The van der Waals surface area contributed by atoms with Crippen LogP contribution in [0.25, 0.3) is 0 Å². The largest absolute Gasteiger partial charge is 0.498 e. The zero-order chi connectivity index (χ0) is 9.73. The third-order valence-corrected chi connectivity index (χ3v) is 2.49. The van der Waals surface area contributed by atoms with Crippen molar-refractivity contribution in [1.29, 1.82) is 0 Å². The Morgan fingerprint density at radius 3 is 2.77 bits per heavy atom. The molecule has 1 atom stereocenters. The van der Waals surface area contributed by atoms with E-state index in [1.54, 1.807) is 0 Å². The standard InChI is InChI=1S/C11H20O2/c1-4-11(6-5-7-13-11)9-12-8-10(2)3/h8H,4-7,9H2,1-3H3. The van der Waals surface area contributed by atoms with Crippen molar-refractivity contribution < 1.29 is 9.47 Å². The first kappa shape index (κ1) is 10.6. The first-order chi connectivity index (χ1) is 6.18. The lowest BCUT2D eigenvalue weighted by Crippen LogP contribution is -2.32. The predicted octanol–water partition coefficient (Wildman–Crippen LogP) is 2.89. The molecule has 0 aromatic heterocycles. The van der Waals surface area contributed by atoms with E-state index >= 15 is 0 Å². The van der Waals surface area contributed by atoms with Gasteiger partial charge in [-0.3, -0.25) is 0 Å². The Hall–Kier alpha value is -0.500. The van der Waals surface area contributed by atoms with Crippen LogP contribution in [0.15, 0.2) is 11.8 Å². The molecule has 1 aliphatic rings. The van der Waals surface area contributed by atoms with E-state index in [-0.39, 0.29) is 5.60 Å². The molecule has 0 aliphatic carbocycles.